The molecule has 2 aromatic rings. The average Bonchev–Trinajstić information content (AvgIpc) is 2.74. The molecule has 10 heteroatoms. The zero-order chi connectivity index (χ0) is 13.1. The van der Waals surface area contributed by atoms with Gasteiger partial charge >= 0.3 is 0 Å². The number of hydrazine groups is 1. The Morgan fingerprint density at radius 2 is 2.28 bits per heavy atom. The van der Waals surface area contributed by atoms with Gasteiger partial charge in [0, 0.05) is 13.0 Å². The Bertz CT molecular complexity index is 586. The highest BCUT2D eigenvalue weighted by Crippen LogP contribution is 2.29. The second kappa shape index (κ2) is 4.98. The number of nitrogens with one attached hydrogen (secondary N) is 1. The van der Waals surface area contributed by atoms with Crippen LogP contribution in [-0.4, -0.2) is 20.1 Å². The summed E-state index contributed by atoms with van der Waals surface area (Å²) in [5.41, 5.74) is 2.13. The molecule has 0 bridgehead atoms. The van der Waals surface area contributed by atoms with Crippen molar-refractivity contribution in [2.24, 2.45) is 5.84 Å². The first-order chi connectivity index (χ1) is 8.58. The number of hydrogen-bond donors (Lipinski definition) is 2. The van der Waals surface area contributed by atoms with Crippen LogP contribution in [-0.2, 0) is 0 Å². The largest absolute Gasteiger partial charge is 0.416 e. The molecular formula is C8H8N6O3S. The van der Waals surface area contributed by atoms with Crippen LogP contribution in [0.25, 0.3) is 0 Å². The van der Waals surface area contributed by atoms with Crippen LogP contribution in [0.3, 0.4) is 0 Å². The number of nitrogen functional groups attached to an aromatic ring is 1. The third-order valence-corrected chi connectivity index (χ3v) is 2.60. The van der Waals surface area contributed by atoms with Crippen molar-refractivity contribution in [3.63, 3.8) is 0 Å². The van der Waals surface area contributed by atoms with Gasteiger partial charge in [0.1, 0.15) is 10.8 Å². The Morgan fingerprint density at radius 1 is 1.50 bits per heavy atom. The Morgan fingerprint density at radius 3 is 2.83 bits per heavy atom. The quantitative estimate of drug-likeness (QED) is 0.475. The average molecular weight is 268 g/mol. The van der Waals surface area contributed by atoms with E-state index < -0.39 is 4.92 Å². The van der Waals surface area contributed by atoms with E-state index in [0.29, 0.717) is 10.9 Å². The van der Waals surface area contributed by atoms with Crippen LogP contribution >= 0.6 is 11.8 Å². The molecule has 2 aromatic heterocycles. The molecule has 0 aromatic carbocycles. The second-order valence-corrected chi connectivity index (χ2v) is 4.11. The van der Waals surface area contributed by atoms with Crippen LogP contribution in [0.2, 0.25) is 0 Å². The molecule has 18 heavy (non-hydrogen) atoms. The molecule has 0 aliphatic carbocycles. The highest BCUT2D eigenvalue weighted by molar-refractivity contribution is 7.99. The highest BCUT2D eigenvalue weighted by atomic mass is 32.2. The normalized spacial score (nSPS) is 10.3. The van der Waals surface area contributed by atoms with Crippen molar-refractivity contribution in [1.29, 1.82) is 0 Å². The van der Waals surface area contributed by atoms with Gasteiger partial charge < -0.3 is 9.84 Å². The van der Waals surface area contributed by atoms with Crippen molar-refractivity contribution in [3.8, 4) is 0 Å². The summed E-state index contributed by atoms with van der Waals surface area (Å²) in [7, 11) is 0. The number of hydrogen-bond acceptors (Lipinski definition) is 9. The van der Waals surface area contributed by atoms with Crippen LogP contribution in [0.15, 0.2) is 26.8 Å². The standard InChI is InChI=1S/C8H8N6O3S/c1-4-12-13-8(17-4)18-7-3-5(14(15)16)2-6(10-7)11-9/h2-3H,9H2,1H3,(H,10,11). The van der Waals surface area contributed by atoms with E-state index in [1.54, 1.807) is 6.92 Å². The predicted molar refractivity (Wildman–Crippen MR) is 61.9 cm³/mol. The molecule has 2 heterocycles. The van der Waals surface area contributed by atoms with Gasteiger partial charge in [0.15, 0.2) is 0 Å². The number of anilines is 1. The number of pyridine rings is 1. The molecule has 3 N–H and O–H groups in total. The predicted octanol–water partition coefficient (Wildman–Crippen LogP) is 1.12. The monoisotopic (exact) mass is 268 g/mol. The van der Waals surface area contributed by atoms with Crippen LogP contribution in [0.4, 0.5) is 11.5 Å². The minimum Gasteiger partial charge on any atom is -0.416 e. The van der Waals surface area contributed by atoms with E-state index in [1.165, 1.54) is 12.1 Å². The van der Waals surface area contributed by atoms with E-state index in [9.17, 15) is 10.1 Å². The van der Waals surface area contributed by atoms with Crippen LogP contribution in [0.1, 0.15) is 5.89 Å². The van der Waals surface area contributed by atoms with Crippen molar-refractivity contribution in [1.82, 2.24) is 15.2 Å². The van der Waals surface area contributed by atoms with E-state index in [0.717, 1.165) is 11.8 Å². The minimum atomic E-state index is -0.536. The number of nitro groups is 1. The highest BCUT2D eigenvalue weighted by Gasteiger charge is 2.14. The van der Waals surface area contributed by atoms with Gasteiger partial charge in [-0.15, -0.1) is 10.2 Å². The first kappa shape index (κ1) is 12.3. The zero-order valence-corrected chi connectivity index (χ0v) is 9.97. The van der Waals surface area contributed by atoms with Gasteiger partial charge in [-0.05, 0) is 11.8 Å². The number of nitrogens with zero attached hydrogens (tertiary/aromatic N) is 4. The number of aromatic nitrogens is 3. The van der Waals surface area contributed by atoms with Crippen LogP contribution < -0.4 is 11.3 Å². The summed E-state index contributed by atoms with van der Waals surface area (Å²) in [5, 5.41) is 18.7. The Labute approximate surface area is 105 Å². The van der Waals surface area contributed by atoms with Crippen molar-refractivity contribution in [2.45, 2.75) is 17.2 Å². The van der Waals surface area contributed by atoms with E-state index >= 15 is 0 Å². The number of aryl methyl sites for hydroxylation is 1. The molecule has 0 aliphatic heterocycles. The van der Waals surface area contributed by atoms with Crippen molar-refractivity contribution in [3.05, 3.63) is 28.1 Å². The molecule has 0 aliphatic rings. The van der Waals surface area contributed by atoms with Crippen molar-refractivity contribution in [2.75, 3.05) is 5.43 Å². The third-order valence-electron chi connectivity index (χ3n) is 1.84. The lowest BCUT2D eigenvalue weighted by atomic mass is 10.4. The first-order valence-electron chi connectivity index (χ1n) is 4.69. The van der Waals surface area contributed by atoms with Crippen molar-refractivity contribution < 1.29 is 9.34 Å². The lowest BCUT2D eigenvalue weighted by Crippen LogP contribution is -2.09. The zero-order valence-electron chi connectivity index (χ0n) is 9.15. The van der Waals surface area contributed by atoms with Gasteiger partial charge in [-0.25, -0.2) is 10.8 Å². The molecule has 0 fully saturated rings. The lowest BCUT2D eigenvalue weighted by Gasteiger charge is -2.01. The summed E-state index contributed by atoms with van der Waals surface area (Å²) in [6, 6.07) is 2.52. The molecule has 0 amide bonds. The van der Waals surface area contributed by atoms with Gasteiger partial charge in [0.25, 0.3) is 10.9 Å². The van der Waals surface area contributed by atoms with E-state index in [2.05, 4.69) is 20.6 Å². The fraction of sp³-hybridized carbons (Fsp3) is 0.125. The number of nitrogens with two attached hydrogens (primary N) is 1. The van der Waals surface area contributed by atoms with E-state index in [-0.39, 0.29) is 16.7 Å². The maximum atomic E-state index is 10.7. The summed E-state index contributed by atoms with van der Waals surface area (Å²) in [6.45, 7) is 1.64. The molecule has 0 unspecified atom stereocenters. The molecule has 94 valence electrons. The van der Waals surface area contributed by atoms with Crippen LogP contribution in [0, 0.1) is 17.0 Å². The lowest BCUT2D eigenvalue weighted by molar-refractivity contribution is -0.385. The molecule has 9 nitrogen and oxygen atoms in total. The van der Waals surface area contributed by atoms with Crippen molar-refractivity contribution >= 4 is 23.3 Å². The molecular weight excluding hydrogens is 260 g/mol. The molecule has 0 radical (unpaired) electrons. The fourth-order valence-corrected chi connectivity index (χ4v) is 1.88. The summed E-state index contributed by atoms with van der Waals surface area (Å²) in [6.07, 6.45) is 0. The Balaban J connectivity index is 2.32. The SMILES string of the molecule is Cc1nnc(Sc2cc([N+](=O)[O-])cc(NN)n2)o1. The molecule has 0 saturated heterocycles. The molecule has 0 atom stereocenters. The van der Waals surface area contributed by atoms with Gasteiger partial charge in [-0.3, -0.25) is 10.1 Å². The van der Waals surface area contributed by atoms with Gasteiger partial charge in [0.2, 0.25) is 5.89 Å². The molecule has 0 saturated carbocycles. The van der Waals surface area contributed by atoms with E-state index in [1.807, 2.05) is 0 Å². The second-order valence-electron chi connectivity index (χ2n) is 3.14. The summed E-state index contributed by atoms with van der Waals surface area (Å²) >= 11 is 1.02. The maximum absolute atomic E-state index is 10.7. The topological polar surface area (TPSA) is 133 Å². The van der Waals surface area contributed by atoms with Gasteiger partial charge in [-0.1, -0.05) is 0 Å². The smallest absolute Gasteiger partial charge is 0.282 e. The maximum Gasteiger partial charge on any atom is 0.282 e. The van der Waals surface area contributed by atoms with Gasteiger partial charge in [0.05, 0.1) is 11.0 Å². The minimum absolute atomic E-state index is 0.128. The number of rotatable bonds is 4. The molecule has 0 spiro atoms. The Hall–Kier alpha value is -2.20. The van der Waals surface area contributed by atoms with Gasteiger partial charge in [-0.2, -0.15) is 0 Å². The fourth-order valence-electron chi connectivity index (χ4n) is 1.13. The third kappa shape index (κ3) is 2.73. The first-order valence-corrected chi connectivity index (χ1v) is 5.51. The summed E-state index contributed by atoms with van der Waals surface area (Å²) in [5.74, 6) is 5.78. The Kier molecular flexibility index (Phi) is 3.39. The summed E-state index contributed by atoms with van der Waals surface area (Å²) < 4.78 is 5.14. The molecule has 2 rings (SSSR count). The van der Waals surface area contributed by atoms with Crippen LogP contribution in [0.5, 0.6) is 0 Å². The summed E-state index contributed by atoms with van der Waals surface area (Å²) in [4.78, 5) is 14.2. The van der Waals surface area contributed by atoms with E-state index in [4.69, 9.17) is 10.3 Å².